The van der Waals surface area contributed by atoms with Gasteiger partial charge in [-0.2, -0.15) is 0 Å². The summed E-state index contributed by atoms with van der Waals surface area (Å²) in [5, 5.41) is 7.09. The van der Waals surface area contributed by atoms with E-state index in [0.717, 1.165) is 27.5 Å². The maximum atomic E-state index is 5.09. The second-order valence-electron chi connectivity index (χ2n) is 10.5. The molecule has 0 aliphatic heterocycles. The second-order valence-corrected chi connectivity index (χ2v) is 10.5. The molecule has 0 saturated carbocycles. The minimum atomic E-state index is 0.658. The van der Waals surface area contributed by atoms with Gasteiger partial charge in [0.05, 0.1) is 0 Å². The van der Waals surface area contributed by atoms with E-state index in [0.29, 0.717) is 17.5 Å². The van der Waals surface area contributed by atoms with Crippen LogP contribution >= 0.6 is 0 Å². The highest BCUT2D eigenvalue weighted by Gasteiger charge is 2.16. The molecule has 0 N–H and O–H groups in total. The summed E-state index contributed by atoms with van der Waals surface area (Å²) in [7, 11) is 0. The molecule has 0 aliphatic carbocycles. The van der Waals surface area contributed by atoms with Crippen LogP contribution in [0.4, 0.5) is 0 Å². The van der Waals surface area contributed by atoms with Crippen molar-refractivity contribution in [3.05, 3.63) is 152 Å². The fraction of sp³-hybridized carbons (Fsp3) is 0. The summed E-state index contributed by atoms with van der Waals surface area (Å²) in [6.07, 6.45) is 0. The zero-order valence-corrected chi connectivity index (χ0v) is 22.8. The number of rotatable bonds is 4. The first-order valence-electron chi connectivity index (χ1n) is 14.1. The van der Waals surface area contributed by atoms with Crippen LogP contribution in [0.25, 0.3) is 77.6 Å². The molecule has 8 rings (SSSR count). The molecule has 7 aromatic carbocycles. The van der Waals surface area contributed by atoms with Crippen molar-refractivity contribution < 1.29 is 0 Å². The van der Waals surface area contributed by atoms with Crippen molar-refractivity contribution in [1.82, 2.24) is 15.0 Å². The molecule has 3 nitrogen and oxygen atoms in total. The molecule has 0 amide bonds. The minimum Gasteiger partial charge on any atom is -0.208 e. The summed E-state index contributed by atoms with van der Waals surface area (Å²) in [6, 6.07) is 52.9. The van der Waals surface area contributed by atoms with Gasteiger partial charge in [-0.15, -0.1) is 0 Å². The summed E-state index contributed by atoms with van der Waals surface area (Å²) >= 11 is 0. The van der Waals surface area contributed by atoms with Gasteiger partial charge in [0.15, 0.2) is 17.5 Å². The van der Waals surface area contributed by atoms with Gasteiger partial charge >= 0.3 is 0 Å². The monoisotopic (exact) mass is 535 g/mol. The third-order valence-corrected chi connectivity index (χ3v) is 7.92. The van der Waals surface area contributed by atoms with Crippen LogP contribution in [0, 0.1) is 0 Å². The Morgan fingerprint density at radius 1 is 0.286 bits per heavy atom. The van der Waals surface area contributed by atoms with Gasteiger partial charge in [0.1, 0.15) is 0 Å². The molecule has 0 radical (unpaired) electrons. The van der Waals surface area contributed by atoms with Crippen molar-refractivity contribution >= 4 is 32.3 Å². The predicted molar refractivity (Wildman–Crippen MR) is 174 cm³/mol. The van der Waals surface area contributed by atoms with E-state index < -0.39 is 0 Å². The fourth-order valence-corrected chi connectivity index (χ4v) is 5.87. The SMILES string of the molecule is c1ccc(-c2nc(-c3ccc4ccccc4c3)nc(-c3cccc4c(-c5cccc6ccccc56)cccc34)n2)cc1. The molecule has 42 heavy (non-hydrogen) atoms. The fourth-order valence-electron chi connectivity index (χ4n) is 5.87. The molecule has 8 aromatic rings. The smallest absolute Gasteiger partial charge is 0.164 e. The highest BCUT2D eigenvalue weighted by Crippen LogP contribution is 2.37. The lowest BCUT2D eigenvalue weighted by Crippen LogP contribution is -2.00. The molecule has 0 spiro atoms. The molecule has 1 aromatic heterocycles. The predicted octanol–water partition coefficient (Wildman–Crippen LogP) is 10.00. The molecule has 0 fully saturated rings. The van der Waals surface area contributed by atoms with Crippen molar-refractivity contribution in [3.63, 3.8) is 0 Å². The summed E-state index contributed by atoms with van der Waals surface area (Å²) in [4.78, 5) is 15.1. The molecule has 3 heteroatoms. The molecular weight excluding hydrogens is 510 g/mol. The Morgan fingerprint density at radius 2 is 0.810 bits per heavy atom. The zero-order chi connectivity index (χ0) is 27.9. The third kappa shape index (κ3) is 4.20. The van der Waals surface area contributed by atoms with Gasteiger partial charge < -0.3 is 0 Å². The lowest BCUT2D eigenvalue weighted by atomic mass is 9.92. The first kappa shape index (κ1) is 24.2. The van der Waals surface area contributed by atoms with Crippen molar-refractivity contribution in [2.75, 3.05) is 0 Å². The number of hydrogen-bond donors (Lipinski definition) is 0. The van der Waals surface area contributed by atoms with E-state index in [-0.39, 0.29) is 0 Å². The second kappa shape index (κ2) is 10.1. The Balaban J connectivity index is 1.36. The van der Waals surface area contributed by atoms with Crippen molar-refractivity contribution in [2.24, 2.45) is 0 Å². The molecule has 1 heterocycles. The van der Waals surface area contributed by atoms with E-state index in [4.69, 9.17) is 15.0 Å². The maximum absolute atomic E-state index is 5.09. The molecule has 0 unspecified atom stereocenters. The van der Waals surface area contributed by atoms with Crippen LogP contribution in [0.5, 0.6) is 0 Å². The van der Waals surface area contributed by atoms with Crippen LogP contribution in [0.15, 0.2) is 152 Å². The summed E-state index contributed by atoms with van der Waals surface area (Å²) in [6.45, 7) is 0. The van der Waals surface area contributed by atoms with Crippen molar-refractivity contribution in [3.8, 4) is 45.3 Å². The number of fused-ring (bicyclic) bond motifs is 3. The summed E-state index contributed by atoms with van der Waals surface area (Å²) in [5.41, 5.74) is 5.31. The first-order valence-corrected chi connectivity index (χ1v) is 14.1. The summed E-state index contributed by atoms with van der Waals surface area (Å²) < 4.78 is 0. The van der Waals surface area contributed by atoms with Crippen LogP contribution in [-0.4, -0.2) is 15.0 Å². The standard InChI is InChI=1S/C39H25N3/c1-2-13-28(14-3-1)37-40-38(30-24-23-26-11-4-5-15-29(26)25-30)42-39(41-37)36-22-10-20-34-33(19-9-21-35(34)36)32-18-8-16-27-12-6-7-17-31(27)32/h1-25H. The van der Waals surface area contributed by atoms with Gasteiger partial charge in [-0.3, -0.25) is 0 Å². The van der Waals surface area contributed by atoms with E-state index in [2.05, 4.69) is 121 Å². The number of nitrogens with zero attached hydrogens (tertiary/aromatic N) is 3. The molecular formula is C39H25N3. The van der Waals surface area contributed by atoms with Crippen molar-refractivity contribution in [1.29, 1.82) is 0 Å². The average Bonchev–Trinajstić information content (AvgIpc) is 3.07. The van der Waals surface area contributed by atoms with E-state index >= 15 is 0 Å². The Morgan fingerprint density at radius 3 is 1.62 bits per heavy atom. The van der Waals surface area contributed by atoms with E-state index in [1.165, 1.54) is 32.7 Å². The summed E-state index contributed by atoms with van der Waals surface area (Å²) in [5.74, 6) is 1.98. The molecule has 0 atom stereocenters. The number of hydrogen-bond acceptors (Lipinski definition) is 3. The first-order chi connectivity index (χ1) is 20.8. The molecule has 0 aliphatic rings. The highest BCUT2D eigenvalue weighted by molar-refractivity contribution is 6.08. The van der Waals surface area contributed by atoms with Crippen LogP contribution in [0.1, 0.15) is 0 Å². The van der Waals surface area contributed by atoms with Crippen LogP contribution in [0.3, 0.4) is 0 Å². The maximum Gasteiger partial charge on any atom is 0.164 e. The van der Waals surface area contributed by atoms with Gasteiger partial charge in [0.25, 0.3) is 0 Å². The topological polar surface area (TPSA) is 38.7 Å². The highest BCUT2D eigenvalue weighted by atomic mass is 15.0. The Hall–Kier alpha value is -5.67. The molecule has 0 bridgehead atoms. The Bertz CT molecular complexity index is 2250. The van der Waals surface area contributed by atoms with Gasteiger partial charge in [-0.1, -0.05) is 146 Å². The quantitative estimate of drug-likeness (QED) is 0.225. The molecule has 0 saturated heterocycles. The largest absolute Gasteiger partial charge is 0.208 e. The van der Waals surface area contributed by atoms with Gasteiger partial charge in [0, 0.05) is 16.7 Å². The minimum absolute atomic E-state index is 0.658. The normalized spacial score (nSPS) is 11.3. The number of aromatic nitrogens is 3. The zero-order valence-electron chi connectivity index (χ0n) is 22.8. The lowest BCUT2D eigenvalue weighted by Gasteiger charge is -2.14. The average molecular weight is 536 g/mol. The Kier molecular flexibility index (Phi) is 5.79. The van der Waals surface area contributed by atoms with Crippen LogP contribution < -0.4 is 0 Å². The Labute approximate surface area is 243 Å². The van der Waals surface area contributed by atoms with Crippen molar-refractivity contribution in [2.45, 2.75) is 0 Å². The van der Waals surface area contributed by atoms with Gasteiger partial charge in [0.2, 0.25) is 0 Å². The van der Waals surface area contributed by atoms with Crippen LogP contribution in [0.2, 0.25) is 0 Å². The third-order valence-electron chi connectivity index (χ3n) is 7.92. The molecule has 196 valence electrons. The number of benzene rings is 7. The van der Waals surface area contributed by atoms with Gasteiger partial charge in [-0.25, -0.2) is 15.0 Å². The van der Waals surface area contributed by atoms with Gasteiger partial charge in [-0.05, 0) is 49.5 Å². The van der Waals surface area contributed by atoms with Crippen LogP contribution in [-0.2, 0) is 0 Å². The lowest BCUT2D eigenvalue weighted by molar-refractivity contribution is 1.08. The van der Waals surface area contributed by atoms with E-state index in [1.54, 1.807) is 0 Å². The van der Waals surface area contributed by atoms with E-state index in [1.807, 2.05) is 30.3 Å². The van der Waals surface area contributed by atoms with E-state index in [9.17, 15) is 0 Å².